The van der Waals surface area contributed by atoms with Crippen molar-refractivity contribution in [2.75, 3.05) is 6.61 Å². The van der Waals surface area contributed by atoms with Gasteiger partial charge < -0.3 is 25.7 Å². The van der Waals surface area contributed by atoms with Gasteiger partial charge in [0.1, 0.15) is 12.2 Å². The number of nitrogens with one attached hydrogen (secondary N) is 1. The van der Waals surface area contributed by atoms with Crippen LogP contribution in [-0.4, -0.2) is 57.3 Å². The molecule has 0 radical (unpaired) electrons. The van der Waals surface area contributed by atoms with Gasteiger partial charge in [0.25, 0.3) is 0 Å². The molecule has 0 aliphatic rings. The van der Waals surface area contributed by atoms with Gasteiger partial charge in [-0.1, -0.05) is 210 Å². The van der Waals surface area contributed by atoms with Crippen molar-refractivity contribution in [1.29, 1.82) is 0 Å². The SMILES string of the molecule is CCCCC/C=C\C=C/CCCCCCCCCCCC(O)C(=O)NC(CO)C(O)C(O)CCC/C=C/CC/C=C/CCCCCCCCCCCCCCCC. The first-order valence-corrected chi connectivity index (χ1v) is 24.5. The summed E-state index contributed by atoms with van der Waals surface area (Å²) < 4.78 is 0. The first-order valence-electron chi connectivity index (χ1n) is 24.5. The second kappa shape index (κ2) is 45.4. The molecule has 334 valence electrons. The standard InChI is InChI=1S/C51H95NO5/c1-3-5-7-9-11-13-15-17-19-21-23-24-25-26-27-29-30-32-34-36-38-40-42-44-48(54)50(56)47(46-53)52-51(57)49(55)45-43-41-39-37-35-33-31-28-22-20-18-16-14-12-10-8-6-4-2/h12,14,16,18,29-30,36,38,47-50,53-56H,3-11,13,15,17,19-28,31-35,37,39-46H2,1-2H3,(H,52,57)/b14-12-,18-16-,30-29+,38-36+. The van der Waals surface area contributed by atoms with Crippen molar-refractivity contribution in [1.82, 2.24) is 5.32 Å². The summed E-state index contributed by atoms with van der Waals surface area (Å²) >= 11 is 0. The summed E-state index contributed by atoms with van der Waals surface area (Å²) in [7, 11) is 0. The Morgan fingerprint density at radius 1 is 0.439 bits per heavy atom. The van der Waals surface area contributed by atoms with Crippen LogP contribution in [0.3, 0.4) is 0 Å². The van der Waals surface area contributed by atoms with Gasteiger partial charge in [-0.05, 0) is 77.0 Å². The third kappa shape index (κ3) is 39.5. The largest absolute Gasteiger partial charge is 0.394 e. The lowest BCUT2D eigenvalue weighted by Gasteiger charge is -2.27. The molecule has 6 heteroatoms. The normalized spacial score (nSPS) is 14.4. The van der Waals surface area contributed by atoms with Crippen molar-refractivity contribution in [2.45, 2.75) is 263 Å². The number of hydrogen-bond donors (Lipinski definition) is 5. The van der Waals surface area contributed by atoms with E-state index in [2.05, 4.69) is 67.8 Å². The summed E-state index contributed by atoms with van der Waals surface area (Å²) in [6, 6.07) is -1.01. The highest BCUT2D eigenvalue weighted by molar-refractivity contribution is 5.80. The molecule has 5 N–H and O–H groups in total. The Morgan fingerprint density at radius 3 is 1.25 bits per heavy atom. The topological polar surface area (TPSA) is 110 Å². The van der Waals surface area contributed by atoms with E-state index in [1.807, 2.05) is 0 Å². The second-order valence-electron chi connectivity index (χ2n) is 16.8. The Kier molecular flexibility index (Phi) is 44.0. The third-order valence-corrected chi connectivity index (χ3v) is 11.3. The fourth-order valence-electron chi connectivity index (χ4n) is 7.35. The van der Waals surface area contributed by atoms with E-state index < -0.39 is 36.9 Å². The molecule has 6 nitrogen and oxygen atoms in total. The molecule has 0 saturated carbocycles. The van der Waals surface area contributed by atoms with Gasteiger partial charge in [0.05, 0.1) is 18.8 Å². The Morgan fingerprint density at radius 2 is 0.789 bits per heavy atom. The molecule has 0 spiro atoms. The van der Waals surface area contributed by atoms with Gasteiger partial charge in [-0.25, -0.2) is 0 Å². The minimum atomic E-state index is -1.29. The van der Waals surface area contributed by atoms with Crippen molar-refractivity contribution < 1.29 is 25.2 Å². The van der Waals surface area contributed by atoms with Gasteiger partial charge in [-0.2, -0.15) is 0 Å². The number of aliphatic hydroxyl groups excluding tert-OH is 4. The summed E-state index contributed by atoms with van der Waals surface area (Å²) in [6.45, 7) is 4.02. The molecule has 0 aliphatic carbocycles. The van der Waals surface area contributed by atoms with Crippen LogP contribution in [0.2, 0.25) is 0 Å². The average Bonchev–Trinajstić information content (AvgIpc) is 3.22. The third-order valence-electron chi connectivity index (χ3n) is 11.3. The molecule has 1 amide bonds. The van der Waals surface area contributed by atoms with Crippen molar-refractivity contribution >= 4 is 5.91 Å². The number of allylic oxidation sites excluding steroid dienone is 8. The Bertz CT molecular complexity index is 946. The van der Waals surface area contributed by atoms with Crippen LogP contribution >= 0.6 is 0 Å². The summed E-state index contributed by atoms with van der Waals surface area (Å²) in [5.74, 6) is -0.602. The highest BCUT2D eigenvalue weighted by Gasteiger charge is 2.28. The maximum Gasteiger partial charge on any atom is 0.249 e. The quantitative estimate of drug-likeness (QED) is 0.0239. The molecule has 4 unspecified atom stereocenters. The Balaban J connectivity index is 3.77. The molecule has 4 atom stereocenters. The van der Waals surface area contributed by atoms with Crippen LogP contribution in [0, 0.1) is 0 Å². The average molecular weight is 802 g/mol. The number of unbranched alkanes of at least 4 members (excludes halogenated alkanes) is 28. The van der Waals surface area contributed by atoms with E-state index in [1.165, 1.54) is 161 Å². The van der Waals surface area contributed by atoms with Crippen LogP contribution in [0.1, 0.15) is 239 Å². The molecular weight excluding hydrogens is 707 g/mol. The predicted octanol–water partition coefficient (Wildman–Crippen LogP) is 13.5. The summed E-state index contributed by atoms with van der Waals surface area (Å²) in [4.78, 5) is 12.5. The number of rotatable bonds is 44. The van der Waals surface area contributed by atoms with Crippen molar-refractivity contribution in [3.05, 3.63) is 48.6 Å². The molecule has 0 aliphatic heterocycles. The highest BCUT2D eigenvalue weighted by Crippen LogP contribution is 2.16. The molecule has 0 heterocycles. The van der Waals surface area contributed by atoms with Crippen molar-refractivity contribution in [2.24, 2.45) is 0 Å². The minimum absolute atomic E-state index is 0.353. The maximum atomic E-state index is 12.5. The summed E-state index contributed by atoms with van der Waals surface area (Å²) in [6.07, 6.45) is 55.8. The van der Waals surface area contributed by atoms with Crippen LogP contribution in [0.4, 0.5) is 0 Å². The van der Waals surface area contributed by atoms with E-state index in [-0.39, 0.29) is 0 Å². The number of aliphatic hydroxyl groups is 4. The van der Waals surface area contributed by atoms with E-state index >= 15 is 0 Å². The van der Waals surface area contributed by atoms with E-state index in [1.54, 1.807) is 0 Å². The first-order chi connectivity index (χ1) is 28.0. The maximum absolute atomic E-state index is 12.5. The van der Waals surface area contributed by atoms with Gasteiger partial charge in [0, 0.05) is 0 Å². The molecule has 57 heavy (non-hydrogen) atoms. The molecule has 0 saturated heterocycles. The zero-order chi connectivity index (χ0) is 41.7. The van der Waals surface area contributed by atoms with Gasteiger partial charge in [0.2, 0.25) is 5.91 Å². The van der Waals surface area contributed by atoms with E-state index in [0.717, 1.165) is 44.9 Å². The van der Waals surface area contributed by atoms with E-state index in [9.17, 15) is 25.2 Å². The molecule has 0 fully saturated rings. The van der Waals surface area contributed by atoms with E-state index in [0.29, 0.717) is 19.3 Å². The fourth-order valence-corrected chi connectivity index (χ4v) is 7.35. The van der Waals surface area contributed by atoms with E-state index in [4.69, 9.17) is 0 Å². The van der Waals surface area contributed by atoms with Gasteiger partial charge in [-0.15, -0.1) is 0 Å². The lowest BCUT2D eigenvalue weighted by atomic mass is 10.00. The molecule has 0 bridgehead atoms. The summed E-state index contributed by atoms with van der Waals surface area (Å²) in [5, 5.41) is 43.8. The first kappa shape index (κ1) is 55.3. The monoisotopic (exact) mass is 802 g/mol. The zero-order valence-corrected chi connectivity index (χ0v) is 37.6. The fraction of sp³-hybridized carbons (Fsp3) is 0.824. The molecular formula is C51H95NO5. The summed E-state index contributed by atoms with van der Waals surface area (Å²) in [5.41, 5.74) is 0. The molecule has 0 aromatic carbocycles. The van der Waals surface area contributed by atoms with Crippen molar-refractivity contribution in [3.8, 4) is 0 Å². The van der Waals surface area contributed by atoms with Crippen LogP contribution in [-0.2, 0) is 4.79 Å². The minimum Gasteiger partial charge on any atom is -0.394 e. The second-order valence-corrected chi connectivity index (χ2v) is 16.8. The smallest absolute Gasteiger partial charge is 0.249 e. The number of carbonyl (C=O) groups excluding carboxylic acids is 1. The van der Waals surface area contributed by atoms with Crippen molar-refractivity contribution in [3.63, 3.8) is 0 Å². The Labute approximate surface area is 353 Å². The molecule has 0 aromatic heterocycles. The van der Waals surface area contributed by atoms with Crippen LogP contribution < -0.4 is 5.32 Å². The zero-order valence-electron chi connectivity index (χ0n) is 37.6. The highest BCUT2D eigenvalue weighted by atomic mass is 16.3. The van der Waals surface area contributed by atoms with Crippen LogP contribution in [0.25, 0.3) is 0 Å². The lowest BCUT2D eigenvalue weighted by Crippen LogP contribution is -2.53. The van der Waals surface area contributed by atoms with Gasteiger partial charge in [-0.3, -0.25) is 4.79 Å². The molecule has 0 rings (SSSR count). The number of hydrogen-bond acceptors (Lipinski definition) is 5. The van der Waals surface area contributed by atoms with Crippen LogP contribution in [0.15, 0.2) is 48.6 Å². The number of amides is 1. The van der Waals surface area contributed by atoms with Gasteiger partial charge >= 0.3 is 0 Å². The van der Waals surface area contributed by atoms with Gasteiger partial charge in [0.15, 0.2) is 0 Å². The Hall–Kier alpha value is -1.73. The number of carbonyl (C=O) groups is 1. The lowest BCUT2D eigenvalue weighted by molar-refractivity contribution is -0.132. The predicted molar refractivity (Wildman–Crippen MR) is 247 cm³/mol. The van der Waals surface area contributed by atoms with Crippen LogP contribution in [0.5, 0.6) is 0 Å². The molecule has 0 aromatic rings.